The molecule has 8 heteroatoms. The summed E-state index contributed by atoms with van der Waals surface area (Å²) in [5.41, 5.74) is 22.7. The molecule has 39 heavy (non-hydrogen) atoms. The van der Waals surface area contributed by atoms with Crippen LogP contribution in [0.3, 0.4) is 0 Å². The molecular weight excluding hydrogens is 516 g/mol. The molecular formula is C31H45FKN5O-2. The van der Waals surface area contributed by atoms with Gasteiger partial charge in [-0.1, -0.05) is 50.8 Å². The van der Waals surface area contributed by atoms with Crippen molar-refractivity contribution in [2.75, 3.05) is 42.3 Å². The molecule has 0 aliphatic heterocycles. The average Bonchev–Trinajstić information content (AvgIpc) is 2.89. The van der Waals surface area contributed by atoms with Crippen molar-refractivity contribution in [1.29, 1.82) is 0 Å². The van der Waals surface area contributed by atoms with Gasteiger partial charge in [0, 0.05) is 41.7 Å². The molecule has 0 radical (unpaired) electrons. The van der Waals surface area contributed by atoms with E-state index in [9.17, 15) is 4.39 Å². The summed E-state index contributed by atoms with van der Waals surface area (Å²) < 4.78 is 17.4. The third-order valence-corrected chi connectivity index (χ3v) is 5.06. The normalized spacial score (nSPS) is 9.77. The number of halogens is 1. The van der Waals surface area contributed by atoms with Crippen molar-refractivity contribution >= 4 is 29.0 Å². The Hall–Kier alpha value is -1.94. The summed E-state index contributed by atoms with van der Waals surface area (Å²) in [6.07, 6.45) is 10.6. The number of nitrogens with two attached hydrogens (primary N) is 3. The molecule has 0 aliphatic carbocycles. The number of unbranched alkanes of at least 4 members (excludes halogenated alkanes) is 1. The van der Waals surface area contributed by atoms with Crippen LogP contribution in [0.1, 0.15) is 50.3 Å². The zero-order valence-electron chi connectivity index (χ0n) is 24.3. The Kier molecular flexibility index (Phi) is 24.0. The molecule has 210 valence electrons. The second-order valence-electron chi connectivity index (χ2n) is 7.85. The third-order valence-electron chi connectivity index (χ3n) is 5.06. The van der Waals surface area contributed by atoms with Gasteiger partial charge in [0.15, 0.2) is 0 Å². The molecule has 1 heterocycles. The smallest absolute Gasteiger partial charge is 0.413 e. The molecule has 0 fully saturated rings. The molecule has 3 aromatic rings. The van der Waals surface area contributed by atoms with E-state index in [0.29, 0.717) is 31.1 Å². The predicted molar refractivity (Wildman–Crippen MR) is 164 cm³/mol. The van der Waals surface area contributed by atoms with Crippen molar-refractivity contribution in [3.05, 3.63) is 104 Å². The Morgan fingerprint density at radius 2 is 1.77 bits per heavy atom. The van der Waals surface area contributed by atoms with Gasteiger partial charge in [0.05, 0.1) is 5.69 Å². The Morgan fingerprint density at radius 1 is 1.08 bits per heavy atom. The van der Waals surface area contributed by atoms with Crippen LogP contribution >= 0.6 is 0 Å². The van der Waals surface area contributed by atoms with Crippen LogP contribution in [0.15, 0.2) is 60.8 Å². The molecule has 0 spiro atoms. The zero-order chi connectivity index (χ0) is 27.5. The van der Waals surface area contributed by atoms with Crippen molar-refractivity contribution in [2.24, 2.45) is 0 Å². The Morgan fingerprint density at radius 3 is 2.33 bits per heavy atom. The fourth-order valence-electron chi connectivity index (χ4n) is 3.25. The molecule has 0 amide bonds. The van der Waals surface area contributed by atoms with Gasteiger partial charge in [0.2, 0.25) is 0 Å². The minimum absolute atomic E-state index is 0. The second-order valence-corrected chi connectivity index (χ2v) is 7.85. The van der Waals surface area contributed by atoms with Gasteiger partial charge in [0.25, 0.3) is 0 Å². The van der Waals surface area contributed by atoms with Gasteiger partial charge in [-0.25, -0.2) is 9.37 Å². The maximum absolute atomic E-state index is 12.1. The zero-order valence-corrected chi connectivity index (χ0v) is 27.5. The topological polar surface area (TPSA) is 112 Å². The first-order valence-corrected chi connectivity index (χ1v) is 12.6. The maximum Gasteiger partial charge on any atom is 1.00 e. The van der Waals surface area contributed by atoms with Crippen LogP contribution in [0.4, 0.5) is 27.3 Å². The van der Waals surface area contributed by atoms with E-state index in [2.05, 4.69) is 42.7 Å². The first kappa shape index (κ1) is 39.2. The van der Waals surface area contributed by atoms with Gasteiger partial charge < -0.3 is 48.0 Å². The van der Waals surface area contributed by atoms with E-state index in [1.54, 1.807) is 12.1 Å². The Labute approximate surface area is 278 Å². The third kappa shape index (κ3) is 16.0. The van der Waals surface area contributed by atoms with Crippen molar-refractivity contribution in [3.63, 3.8) is 0 Å². The van der Waals surface area contributed by atoms with Gasteiger partial charge in [-0.3, -0.25) is 0 Å². The number of pyridine rings is 1. The summed E-state index contributed by atoms with van der Waals surface area (Å²) in [5, 5.41) is 3.54. The Balaban J connectivity index is 0. The van der Waals surface area contributed by atoms with E-state index in [0.717, 1.165) is 47.5 Å². The van der Waals surface area contributed by atoms with Gasteiger partial charge in [-0.05, 0) is 48.9 Å². The van der Waals surface area contributed by atoms with Crippen LogP contribution in [0.25, 0.3) is 6.08 Å². The van der Waals surface area contributed by atoms with Crippen LogP contribution in [-0.4, -0.2) is 24.7 Å². The summed E-state index contributed by atoms with van der Waals surface area (Å²) in [6.45, 7) is 11.7. The number of nitrogens with one attached hydrogen (secondary N) is 1. The molecule has 0 aliphatic rings. The van der Waals surface area contributed by atoms with Crippen molar-refractivity contribution in [2.45, 2.75) is 40.0 Å². The summed E-state index contributed by atoms with van der Waals surface area (Å²) in [7, 11) is 0. The largest absolute Gasteiger partial charge is 1.00 e. The van der Waals surface area contributed by atoms with Gasteiger partial charge >= 0.3 is 51.4 Å². The van der Waals surface area contributed by atoms with Crippen LogP contribution < -0.4 is 73.9 Å². The number of anilines is 4. The molecule has 3 rings (SSSR count). The van der Waals surface area contributed by atoms with E-state index in [1.165, 1.54) is 12.1 Å². The molecule has 0 saturated heterocycles. The van der Waals surface area contributed by atoms with E-state index in [4.69, 9.17) is 21.9 Å². The number of rotatable bonds is 11. The number of aromatic nitrogens is 1. The van der Waals surface area contributed by atoms with Crippen molar-refractivity contribution in [3.8, 4) is 0 Å². The van der Waals surface area contributed by atoms with E-state index in [-0.39, 0.29) is 64.6 Å². The summed E-state index contributed by atoms with van der Waals surface area (Å²) in [5.74, 6) is 0.261. The van der Waals surface area contributed by atoms with Crippen LogP contribution in [0.2, 0.25) is 0 Å². The molecule has 0 saturated carbocycles. The average molecular weight is 562 g/mol. The predicted octanol–water partition coefficient (Wildman–Crippen LogP) is 4.01. The molecule has 0 bridgehead atoms. The number of hydrogen-bond acceptors (Lipinski definition) is 6. The molecule has 0 atom stereocenters. The first-order valence-electron chi connectivity index (χ1n) is 12.6. The van der Waals surface area contributed by atoms with Crippen LogP contribution in [0.5, 0.6) is 0 Å². The minimum Gasteiger partial charge on any atom is -0.413 e. The number of nitrogen functional groups attached to an aromatic ring is 3. The number of nitrogens with zero attached hydrogens (tertiary/aromatic N) is 1. The maximum atomic E-state index is 12.1. The van der Waals surface area contributed by atoms with Crippen molar-refractivity contribution in [1.82, 2.24) is 4.98 Å². The summed E-state index contributed by atoms with van der Waals surface area (Å²) >= 11 is 0. The quantitative estimate of drug-likeness (QED) is 0.122. The van der Waals surface area contributed by atoms with Gasteiger partial charge in [0.1, 0.15) is 11.6 Å². The SMILES string of the molecule is CC.Nc1cccc(F)c1.[CH2-]COCC/C=C/c1cnc(N)c(Cc2ccc(N)cc2)c1NCC[CH-]C.[CH3-].[K+]. The molecule has 0 unspecified atom stereocenters. The summed E-state index contributed by atoms with van der Waals surface area (Å²) in [4.78, 5) is 4.41. The standard InChI is InChI=1S/C22H30N4O.C6H6FN.C2H6.CH3.K/c1-3-5-13-25-21-18(8-6-7-14-27-4-2)16-26-22(24)20(21)15-17-9-11-19(23)12-10-17;7-5-2-1-3-6(8)4-5;1-2;;/h3,6,8-12,16H,2,4-5,7,13-15,23H2,1H3,(H3,24,25,26);1-4H,8H2;1-2H3;1H3;/q-2;;;-1;+1/b8-6+;;;;. The van der Waals surface area contributed by atoms with Gasteiger partial charge in [-0.2, -0.15) is 13.3 Å². The molecule has 2 aromatic carbocycles. The van der Waals surface area contributed by atoms with Gasteiger partial charge in [-0.15, -0.1) is 0 Å². The van der Waals surface area contributed by atoms with Crippen LogP contribution in [0, 0.1) is 26.6 Å². The molecule has 7 N–H and O–H groups in total. The van der Waals surface area contributed by atoms with E-state index >= 15 is 0 Å². The van der Waals surface area contributed by atoms with Crippen molar-refractivity contribution < 1.29 is 60.5 Å². The fraction of sp³-hybridized carbons (Fsp3) is 0.290. The van der Waals surface area contributed by atoms with E-state index in [1.807, 2.05) is 44.3 Å². The number of benzene rings is 2. The Bertz CT molecular complexity index is 1040. The number of ether oxygens (including phenoxy) is 1. The molecule has 1 aromatic heterocycles. The second kappa shape index (κ2) is 23.9. The number of hydrogen-bond donors (Lipinski definition) is 4. The first-order chi connectivity index (χ1) is 17.9. The fourth-order valence-corrected chi connectivity index (χ4v) is 3.25. The van der Waals surface area contributed by atoms with E-state index < -0.39 is 0 Å². The minimum atomic E-state index is -0.287. The molecule has 6 nitrogen and oxygen atoms in total. The monoisotopic (exact) mass is 561 g/mol. The summed E-state index contributed by atoms with van der Waals surface area (Å²) in [6, 6.07) is 13.7. The van der Waals surface area contributed by atoms with Crippen LogP contribution in [-0.2, 0) is 11.2 Å².